The van der Waals surface area contributed by atoms with Gasteiger partial charge in [0, 0.05) is 0 Å². The second-order valence-electron chi connectivity index (χ2n) is 1.50. The monoisotopic (exact) mass is 102 g/mol. The van der Waals surface area contributed by atoms with Crippen molar-refractivity contribution in [3.05, 3.63) is 12.4 Å². The van der Waals surface area contributed by atoms with E-state index in [1.165, 1.54) is 0 Å². The highest BCUT2D eigenvalue weighted by Crippen LogP contribution is 1.93. The lowest BCUT2D eigenvalue weighted by molar-refractivity contribution is 0.706. The van der Waals surface area contributed by atoms with Crippen LogP contribution < -0.4 is 0 Å². The van der Waals surface area contributed by atoms with Crippen molar-refractivity contribution in [1.29, 1.82) is 0 Å². The molecule has 0 rings (SSSR count). The molecule has 0 nitrogen and oxygen atoms in total. The zero-order chi connectivity index (χ0) is 5.54. The minimum absolute atomic E-state index is 0.607. The van der Waals surface area contributed by atoms with Gasteiger partial charge in [0.2, 0.25) is 0 Å². The van der Waals surface area contributed by atoms with Crippen molar-refractivity contribution < 1.29 is 4.39 Å². The molecule has 0 saturated carbocycles. The Balaban J connectivity index is 2.69. The summed E-state index contributed by atoms with van der Waals surface area (Å²) in [6.45, 7) is 2.09. The molecule has 0 radical (unpaired) electrons. The lowest BCUT2D eigenvalue weighted by Crippen LogP contribution is -1.63. The largest absolute Gasteiger partial charge is 0.216 e. The van der Waals surface area contributed by atoms with E-state index in [0.29, 0.717) is 6.33 Å². The lowest BCUT2D eigenvalue weighted by atomic mass is 10.2. The number of allylic oxidation sites excluding steroid dienone is 1. The van der Waals surface area contributed by atoms with Gasteiger partial charge in [-0.15, -0.1) is 0 Å². The van der Waals surface area contributed by atoms with Crippen molar-refractivity contribution in [2.75, 3.05) is 0 Å². The van der Waals surface area contributed by atoms with Gasteiger partial charge in [0.15, 0.2) is 0 Å². The summed E-state index contributed by atoms with van der Waals surface area (Å²) in [5, 5.41) is 0. The molecular formula is C6H11F. The maximum Gasteiger partial charge on any atom is 0.0827 e. The maximum absolute atomic E-state index is 11.1. The Hall–Kier alpha value is -0.330. The van der Waals surface area contributed by atoms with Crippen LogP contribution in [-0.4, -0.2) is 0 Å². The van der Waals surface area contributed by atoms with Gasteiger partial charge in [-0.3, -0.25) is 0 Å². The molecule has 1 heteroatoms. The Morgan fingerprint density at radius 3 is 2.71 bits per heavy atom. The highest BCUT2D eigenvalue weighted by molar-refractivity contribution is 4.70. The first-order valence-electron chi connectivity index (χ1n) is 2.67. The van der Waals surface area contributed by atoms with Crippen molar-refractivity contribution in [3.8, 4) is 0 Å². The second-order valence-corrected chi connectivity index (χ2v) is 1.50. The second kappa shape index (κ2) is 5.67. The van der Waals surface area contributed by atoms with E-state index in [9.17, 15) is 4.39 Å². The molecule has 0 bridgehead atoms. The van der Waals surface area contributed by atoms with E-state index >= 15 is 0 Å². The van der Waals surface area contributed by atoms with Crippen LogP contribution in [0.25, 0.3) is 0 Å². The van der Waals surface area contributed by atoms with E-state index in [0.717, 1.165) is 19.3 Å². The molecule has 0 fully saturated rings. The lowest BCUT2D eigenvalue weighted by Gasteiger charge is -1.82. The summed E-state index contributed by atoms with van der Waals surface area (Å²) in [7, 11) is 0. The van der Waals surface area contributed by atoms with Crippen LogP contribution in [0.15, 0.2) is 12.4 Å². The fraction of sp³-hybridized carbons (Fsp3) is 0.667. The summed E-state index contributed by atoms with van der Waals surface area (Å²) in [6, 6.07) is 0. The first kappa shape index (κ1) is 6.67. The molecule has 0 aliphatic heterocycles. The predicted molar refractivity (Wildman–Crippen MR) is 29.8 cm³/mol. The van der Waals surface area contributed by atoms with Gasteiger partial charge in [-0.05, 0) is 12.8 Å². The molecule has 0 heterocycles. The maximum atomic E-state index is 11.1. The van der Waals surface area contributed by atoms with Crippen LogP contribution in [0.4, 0.5) is 4.39 Å². The molecule has 7 heavy (non-hydrogen) atoms. The van der Waals surface area contributed by atoms with E-state index in [4.69, 9.17) is 0 Å². The molecular weight excluding hydrogens is 91.1 g/mol. The molecule has 0 spiro atoms. The molecule has 0 aromatic rings. The summed E-state index contributed by atoms with van der Waals surface area (Å²) >= 11 is 0. The molecule has 0 aliphatic carbocycles. The Morgan fingerprint density at radius 2 is 2.29 bits per heavy atom. The Kier molecular flexibility index (Phi) is 5.40. The molecule has 0 aromatic carbocycles. The first-order chi connectivity index (χ1) is 3.41. The van der Waals surface area contributed by atoms with Crippen molar-refractivity contribution in [1.82, 2.24) is 0 Å². The molecule has 0 aliphatic rings. The standard InChI is InChI=1S/C6H11F/c1-2-3-4-5-6-7/h5-6H,2-4H2,1H3. The van der Waals surface area contributed by atoms with Gasteiger partial charge < -0.3 is 0 Å². The van der Waals surface area contributed by atoms with E-state index in [2.05, 4.69) is 6.92 Å². The van der Waals surface area contributed by atoms with Gasteiger partial charge in [0.1, 0.15) is 0 Å². The van der Waals surface area contributed by atoms with Crippen molar-refractivity contribution in [2.45, 2.75) is 26.2 Å². The fourth-order valence-corrected chi connectivity index (χ4v) is 0.385. The van der Waals surface area contributed by atoms with E-state index in [-0.39, 0.29) is 0 Å². The summed E-state index contributed by atoms with van der Waals surface area (Å²) in [4.78, 5) is 0. The predicted octanol–water partition coefficient (Wildman–Crippen LogP) is 2.66. The van der Waals surface area contributed by atoms with Gasteiger partial charge in [-0.2, -0.15) is 0 Å². The smallest absolute Gasteiger partial charge is 0.0827 e. The third kappa shape index (κ3) is 5.67. The topological polar surface area (TPSA) is 0 Å². The van der Waals surface area contributed by atoms with Crippen LogP contribution >= 0.6 is 0 Å². The van der Waals surface area contributed by atoms with E-state index < -0.39 is 0 Å². The normalized spacial score (nSPS) is 10.6. The Labute approximate surface area is 44.0 Å². The SMILES string of the molecule is CCCCC=CF. The van der Waals surface area contributed by atoms with Gasteiger partial charge in [-0.25, -0.2) is 4.39 Å². The van der Waals surface area contributed by atoms with Crippen molar-refractivity contribution in [3.63, 3.8) is 0 Å². The molecule has 0 unspecified atom stereocenters. The Bertz CT molecular complexity index is 48.1. The van der Waals surface area contributed by atoms with Crippen LogP contribution in [0.3, 0.4) is 0 Å². The van der Waals surface area contributed by atoms with Crippen LogP contribution in [0.2, 0.25) is 0 Å². The summed E-state index contributed by atoms with van der Waals surface area (Å²) in [5.74, 6) is 0. The van der Waals surface area contributed by atoms with Crippen molar-refractivity contribution >= 4 is 0 Å². The van der Waals surface area contributed by atoms with Gasteiger partial charge in [0.25, 0.3) is 0 Å². The third-order valence-electron chi connectivity index (χ3n) is 0.813. The highest BCUT2D eigenvalue weighted by Gasteiger charge is 1.74. The summed E-state index contributed by atoms with van der Waals surface area (Å²) in [6.07, 6.45) is 5.27. The quantitative estimate of drug-likeness (QED) is 0.480. The van der Waals surface area contributed by atoms with Gasteiger partial charge in [-0.1, -0.05) is 19.4 Å². The first-order valence-corrected chi connectivity index (χ1v) is 2.67. The van der Waals surface area contributed by atoms with Crippen LogP contribution in [-0.2, 0) is 0 Å². The molecule has 0 atom stereocenters. The molecule has 0 amide bonds. The van der Waals surface area contributed by atoms with Crippen LogP contribution in [0, 0.1) is 0 Å². The highest BCUT2D eigenvalue weighted by atomic mass is 19.1. The minimum atomic E-state index is 0.607. The summed E-state index contributed by atoms with van der Waals surface area (Å²) < 4.78 is 11.1. The average molecular weight is 102 g/mol. The summed E-state index contributed by atoms with van der Waals surface area (Å²) in [5.41, 5.74) is 0. The molecule has 42 valence electrons. The number of unbranched alkanes of at least 4 members (excludes halogenated alkanes) is 2. The number of rotatable bonds is 3. The molecule has 0 N–H and O–H groups in total. The minimum Gasteiger partial charge on any atom is -0.216 e. The van der Waals surface area contributed by atoms with Crippen LogP contribution in [0.1, 0.15) is 26.2 Å². The molecule has 0 aromatic heterocycles. The number of halogens is 1. The number of hydrogen-bond acceptors (Lipinski definition) is 0. The van der Waals surface area contributed by atoms with Crippen molar-refractivity contribution in [2.24, 2.45) is 0 Å². The third-order valence-corrected chi connectivity index (χ3v) is 0.813. The van der Waals surface area contributed by atoms with Crippen LogP contribution in [0.5, 0.6) is 0 Å². The van der Waals surface area contributed by atoms with E-state index in [1.807, 2.05) is 0 Å². The zero-order valence-electron chi connectivity index (χ0n) is 4.65. The van der Waals surface area contributed by atoms with Gasteiger partial charge in [0.05, 0.1) is 6.33 Å². The Morgan fingerprint density at radius 1 is 1.57 bits per heavy atom. The van der Waals surface area contributed by atoms with Gasteiger partial charge >= 0.3 is 0 Å². The molecule has 0 saturated heterocycles. The van der Waals surface area contributed by atoms with E-state index in [1.54, 1.807) is 6.08 Å². The number of hydrogen-bond donors (Lipinski definition) is 0. The zero-order valence-corrected chi connectivity index (χ0v) is 4.65. The average Bonchev–Trinajstić information content (AvgIpc) is 1.69. The fourth-order valence-electron chi connectivity index (χ4n) is 0.385.